The molecule has 1 amide bonds. The predicted molar refractivity (Wildman–Crippen MR) is 119 cm³/mol. The van der Waals surface area contributed by atoms with E-state index in [1.165, 1.54) is 0 Å². The van der Waals surface area contributed by atoms with Crippen molar-refractivity contribution in [3.8, 4) is 11.4 Å². The number of nitrogens with zero attached hydrogens (tertiary/aromatic N) is 4. The molecule has 3 aromatic heterocycles. The third kappa shape index (κ3) is 5.23. The van der Waals surface area contributed by atoms with Crippen molar-refractivity contribution in [3.63, 3.8) is 0 Å². The second-order valence-electron chi connectivity index (χ2n) is 7.02. The van der Waals surface area contributed by atoms with Crippen LogP contribution in [0.2, 0.25) is 5.02 Å². The molecule has 0 radical (unpaired) electrons. The van der Waals surface area contributed by atoms with E-state index in [4.69, 9.17) is 11.6 Å². The highest BCUT2D eigenvalue weighted by molar-refractivity contribution is 6.30. The van der Waals surface area contributed by atoms with Gasteiger partial charge in [0.25, 0.3) is 5.91 Å². The summed E-state index contributed by atoms with van der Waals surface area (Å²) in [7, 11) is 0. The monoisotopic (exact) mass is 433 g/mol. The number of aromatic nitrogens is 5. The molecule has 9 heteroatoms. The van der Waals surface area contributed by atoms with Crippen molar-refractivity contribution in [1.82, 2.24) is 30.5 Å². The van der Waals surface area contributed by atoms with E-state index in [1.807, 2.05) is 38.1 Å². The van der Waals surface area contributed by atoms with E-state index in [2.05, 4.69) is 35.8 Å². The fraction of sp³-hybridized carbons (Fsp3) is 0.136. The van der Waals surface area contributed by atoms with Crippen LogP contribution in [0, 0.1) is 13.8 Å². The molecule has 0 aliphatic heterocycles. The largest absolute Gasteiger partial charge is 0.347 e. The van der Waals surface area contributed by atoms with Gasteiger partial charge in [-0.25, -0.2) is 9.97 Å². The van der Waals surface area contributed by atoms with Crippen LogP contribution in [-0.2, 0) is 6.54 Å². The van der Waals surface area contributed by atoms with Crippen LogP contribution in [0.1, 0.15) is 27.4 Å². The Morgan fingerprint density at radius 3 is 2.52 bits per heavy atom. The zero-order valence-corrected chi connectivity index (χ0v) is 17.7. The molecule has 4 aromatic rings. The second kappa shape index (κ2) is 8.93. The van der Waals surface area contributed by atoms with Crippen LogP contribution in [0.4, 0.5) is 11.6 Å². The number of nitrogens with one attached hydrogen (secondary N) is 3. The van der Waals surface area contributed by atoms with E-state index >= 15 is 0 Å². The standard InChI is InChI=1S/C22H20ClN7O/c1-13-9-19(27-20-10-14(2)29-30-20)28-21(26-13)16-5-8-18(24-12-16)22(31)25-11-15-3-6-17(23)7-4-15/h3-10,12H,11H2,1-2H3,(H,25,31)(H2,26,27,28,29,30). The minimum Gasteiger partial charge on any atom is -0.347 e. The highest BCUT2D eigenvalue weighted by Gasteiger charge is 2.11. The first-order valence-corrected chi connectivity index (χ1v) is 9.98. The van der Waals surface area contributed by atoms with E-state index < -0.39 is 0 Å². The molecule has 0 bridgehead atoms. The number of carbonyl (C=O) groups is 1. The molecular weight excluding hydrogens is 414 g/mol. The topological polar surface area (TPSA) is 108 Å². The summed E-state index contributed by atoms with van der Waals surface area (Å²) >= 11 is 5.88. The molecule has 0 saturated carbocycles. The van der Waals surface area contributed by atoms with Crippen molar-refractivity contribution >= 4 is 29.1 Å². The van der Waals surface area contributed by atoms with Gasteiger partial charge in [-0.3, -0.25) is 14.9 Å². The van der Waals surface area contributed by atoms with Gasteiger partial charge in [0, 0.05) is 46.8 Å². The minimum atomic E-state index is -0.261. The lowest BCUT2D eigenvalue weighted by Gasteiger charge is -2.08. The normalized spacial score (nSPS) is 10.7. The summed E-state index contributed by atoms with van der Waals surface area (Å²) in [5.74, 6) is 1.55. The molecule has 4 rings (SSSR count). The molecule has 3 N–H and O–H groups in total. The Balaban J connectivity index is 1.45. The number of H-pyrrole nitrogens is 1. The molecule has 1 aromatic carbocycles. The van der Waals surface area contributed by atoms with Crippen LogP contribution in [0.3, 0.4) is 0 Å². The van der Waals surface area contributed by atoms with Gasteiger partial charge in [0.2, 0.25) is 0 Å². The number of hydrogen-bond donors (Lipinski definition) is 3. The average molecular weight is 434 g/mol. The summed E-state index contributed by atoms with van der Waals surface area (Å²) < 4.78 is 0. The van der Waals surface area contributed by atoms with Crippen LogP contribution < -0.4 is 10.6 Å². The molecule has 8 nitrogen and oxygen atoms in total. The summed E-state index contributed by atoms with van der Waals surface area (Å²) in [4.78, 5) is 25.7. The van der Waals surface area contributed by atoms with Gasteiger partial charge >= 0.3 is 0 Å². The lowest BCUT2D eigenvalue weighted by molar-refractivity contribution is 0.0946. The predicted octanol–water partition coefficient (Wildman–Crippen LogP) is 4.21. The molecule has 0 unspecified atom stereocenters. The fourth-order valence-corrected chi connectivity index (χ4v) is 3.04. The Bertz CT molecular complexity index is 1200. The van der Waals surface area contributed by atoms with Crippen LogP contribution in [0.25, 0.3) is 11.4 Å². The van der Waals surface area contributed by atoms with Crippen molar-refractivity contribution < 1.29 is 4.79 Å². The van der Waals surface area contributed by atoms with E-state index in [-0.39, 0.29) is 5.91 Å². The maximum atomic E-state index is 12.4. The van der Waals surface area contributed by atoms with Gasteiger partial charge in [-0.05, 0) is 43.7 Å². The summed E-state index contributed by atoms with van der Waals surface area (Å²) in [6, 6.07) is 14.5. The van der Waals surface area contributed by atoms with Gasteiger partial charge < -0.3 is 10.6 Å². The Morgan fingerprint density at radius 1 is 1.03 bits per heavy atom. The van der Waals surface area contributed by atoms with E-state index in [0.717, 1.165) is 17.0 Å². The van der Waals surface area contributed by atoms with Gasteiger partial charge in [0.15, 0.2) is 11.6 Å². The second-order valence-corrected chi connectivity index (χ2v) is 7.46. The molecule has 0 atom stereocenters. The highest BCUT2D eigenvalue weighted by Crippen LogP contribution is 2.20. The van der Waals surface area contributed by atoms with Crippen LogP contribution in [-0.4, -0.2) is 31.1 Å². The van der Waals surface area contributed by atoms with E-state index in [1.54, 1.807) is 30.5 Å². The SMILES string of the molecule is Cc1cc(Nc2cc(C)[nH]n2)nc(-c2ccc(C(=O)NCc3ccc(Cl)cc3)nc2)n1. The molecule has 0 aliphatic rings. The number of anilines is 2. The third-order valence-corrected chi connectivity index (χ3v) is 4.69. The average Bonchev–Trinajstić information content (AvgIpc) is 3.17. The molecule has 0 aliphatic carbocycles. The number of amides is 1. The Morgan fingerprint density at radius 2 is 1.84 bits per heavy atom. The fourth-order valence-electron chi connectivity index (χ4n) is 2.91. The zero-order valence-electron chi connectivity index (χ0n) is 17.0. The van der Waals surface area contributed by atoms with Crippen molar-refractivity contribution in [2.45, 2.75) is 20.4 Å². The summed E-state index contributed by atoms with van der Waals surface area (Å²) in [6.07, 6.45) is 1.59. The highest BCUT2D eigenvalue weighted by atomic mass is 35.5. The molecular formula is C22H20ClN7O. The number of aromatic amines is 1. The van der Waals surface area contributed by atoms with Gasteiger partial charge in [-0.2, -0.15) is 5.10 Å². The Kier molecular flexibility index (Phi) is 5.90. The number of benzene rings is 1. The first kappa shape index (κ1) is 20.5. The molecule has 0 saturated heterocycles. The first-order chi connectivity index (χ1) is 15.0. The molecule has 0 spiro atoms. The van der Waals surface area contributed by atoms with Gasteiger partial charge in [-0.15, -0.1) is 0 Å². The number of rotatable bonds is 6. The number of halogens is 1. The van der Waals surface area contributed by atoms with Gasteiger partial charge in [-0.1, -0.05) is 23.7 Å². The molecule has 3 heterocycles. The maximum Gasteiger partial charge on any atom is 0.270 e. The smallest absolute Gasteiger partial charge is 0.270 e. The molecule has 0 fully saturated rings. The summed E-state index contributed by atoms with van der Waals surface area (Å²) in [6.45, 7) is 4.20. The summed E-state index contributed by atoms with van der Waals surface area (Å²) in [5.41, 5.74) is 3.72. The first-order valence-electron chi connectivity index (χ1n) is 9.60. The minimum absolute atomic E-state index is 0.261. The molecule has 156 valence electrons. The van der Waals surface area contributed by atoms with Crippen molar-refractivity contribution in [2.75, 3.05) is 5.32 Å². The van der Waals surface area contributed by atoms with Gasteiger partial charge in [0.05, 0.1) is 0 Å². The van der Waals surface area contributed by atoms with Crippen molar-refractivity contribution in [1.29, 1.82) is 0 Å². The van der Waals surface area contributed by atoms with Crippen LogP contribution in [0.5, 0.6) is 0 Å². The van der Waals surface area contributed by atoms with E-state index in [9.17, 15) is 4.79 Å². The van der Waals surface area contributed by atoms with Crippen molar-refractivity contribution in [3.05, 3.63) is 82.4 Å². The lowest BCUT2D eigenvalue weighted by Crippen LogP contribution is -2.23. The van der Waals surface area contributed by atoms with Gasteiger partial charge in [0.1, 0.15) is 11.5 Å². The van der Waals surface area contributed by atoms with Crippen molar-refractivity contribution in [2.24, 2.45) is 0 Å². The van der Waals surface area contributed by atoms with E-state index in [0.29, 0.717) is 40.3 Å². The Labute approximate surface area is 184 Å². The number of aryl methyl sites for hydroxylation is 2. The maximum absolute atomic E-state index is 12.4. The van der Waals surface area contributed by atoms with Crippen LogP contribution >= 0.6 is 11.6 Å². The quantitative estimate of drug-likeness (QED) is 0.420. The number of hydrogen-bond acceptors (Lipinski definition) is 6. The number of pyridine rings is 1. The lowest BCUT2D eigenvalue weighted by atomic mass is 10.2. The molecule has 31 heavy (non-hydrogen) atoms. The zero-order chi connectivity index (χ0) is 21.8. The number of carbonyl (C=O) groups excluding carboxylic acids is 1. The Hall–Kier alpha value is -3.78. The third-order valence-electron chi connectivity index (χ3n) is 4.44. The summed E-state index contributed by atoms with van der Waals surface area (Å²) in [5, 5.41) is 13.7. The van der Waals surface area contributed by atoms with Crippen LogP contribution in [0.15, 0.2) is 54.7 Å².